The van der Waals surface area contributed by atoms with Gasteiger partial charge < -0.3 is 15.5 Å². The van der Waals surface area contributed by atoms with Gasteiger partial charge in [-0.25, -0.2) is 4.39 Å². The summed E-state index contributed by atoms with van der Waals surface area (Å²) in [7, 11) is 0. The van der Waals surface area contributed by atoms with E-state index in [1.165, 1.54) is 11.0 Å². The minimum Gasteiger partial charge on any atom is -0.349 e. The van der Waals surface area contributed by atoms with Crippen LogP contribution in [0.3, 0.4) is 0 Å². The molecule has 142 valence electrons. The molecule has 0 unspecified atom stereocenters. The summed E-state index contributed by atoms with van der Waals surface area (Å²) >= 11 is 0. The zero-order valence-electron chi connectivity index (χ0n) is 15.2. The maximum atomic E-state index is 13.6. The molecule has 3 rings (SSSR count). The Hall–Kier alpha value is -2.73. The van der Waals surface area contributed by atoms with Crippen LogP contribution in [0.25, 0.3) is 0 Å². The van der Waals surface area contributed by atoms with Crippen molar-refractivity contribution < 1.29 is 18.9 Å². The summed E-state index contributed by atoms with van der Waals surface area (Å²) in [4.78, 5) is 25.5. The van der Waals surface area contributed by atoms with Gasteiger partial charge in [0.15, 0.2) is 6.54 Å². The van der Waals surface area contributed by atoms with E-state index in [1.807, 2.05) is 18.2 Å². The lowest BCUT2D eigenvalue weighted by molar-refractivity contribution is -0.897. The van der Waals surface area contributed by atoms with Crippen molar-refractivity contribution in [1.82, 2.24) is 10.6 Å². The van der Waals surface area contributed by atoms with Gasteiger partial charge in [-0.1, -0.05) is 36.4 Å². The minimum absolute atomic E-state index is 0.0494. The standard InChI is InChI=1S/C21H24FN3O2/c22-19-9-5-4-8-17(19)14-23-20(26)15-25-12-10-18(11-13-25)24-21(27)16-6-2-1-3-7-16/h1-9,18H,10-15H2,(H,23,26)(H,24,27)/p+1. The van der Waals surface area contributed by atoms with Crippen molar-refractivity contribution in [1.29, 1.82) is 0 Å². The lowest BCUT2D eigenvalue weighted by Gasteiger charge is -2.29. The Labute approximate surface area is 158 Å². The van der Waals surface area contributed by atoms with E-state index in [0.29, 0.717) is 17.7 Å². The molecule has 0 bridgehead atoms. The quantitative estimate of drug-likeness (QED) is 0.708. The highest BCUT2D eigenvalue weighted by molar-refractivity contribution is 5.94. The van der Waals surface area contributed by atoms with Crippen LogP contribution in [0.1, 0.15) is 28.8 Å². The molecule has 1 aliphatic heterocycles. The Balaban J connectivity index is 1.38. The molecule has 2 amide bonds. The normalized spacial score (nSPS) is 19.3. The molecule has 1 fully saturated rings. The fraction of sp³-hybridized carbons (Fsp3) is 0.333. The predicted molar refractivity (Wildman–Crippen MR) is 101 cm³/mol. The molecule has 3 N–H and O–H groups in total. The van der Waals surface area contributed by atoms with Gasteiger partial charge in [-0.3, -0.25) is 9.59 Å². The van der Waals surface area contributed by atoms with Gasteiger partial charge in [-0.2, -0.15) is 0 Å². The van der Waals surface area contributed by atoms with E-state index in [9.17, 15) is 14.0 Å². The Kier molecular flexibility index (Phi) is 6.54. The first-order valence-electron chi connectivity index (χ1n) is 9.31. The van der Waals surface area contributed by atoms with Crippen LogP contribution in [0.2, 0.25) is 0 Å². The Bertz CT molecular complexity index is 774. The SMILES string of the molecule is O=C(C[NH+]1CCC(NC(=O)c2ccccc2)CC1)NCc1ccccc1F. The van der Waals surface area contributed by atoms with Gasteiger partial charge in [-0.05, 0) is 18.2 Å². The Morgan fingerprint density at radius 2 is 1.67 bits per heavy atom. The van der Waals surface area contributed by atoms with Gasteiger partial charge in [0.1, 0.15) is 5.82 Å². The second kappa shape index (κ2) is 9.28. The van der Waals surface area contributed by atoms with Crippen molar-refractivity contribution in [2.24, 2.45) is 0 Å². The van der Waals surface area contributed by atoms with Crippen molar-refractivity contribution in [3.63, 3.8) is 0 Å². The molecule has 0 saturated carbocycles. The molecule has 6 heteroatoms. The molecule has 2 aromatic rings. The van der Waals surface area contributed by atoms with Crippen molar-refractivity contribution in [2.75, 3.05) is 19.6 Å². The Morgan fingerprint density at radius 3 is 2.37 bits per heavy atom. The average Bonchev–Trinajstić information content (AvgIpc) is 2.69. The van der Waals surface area contributed by atoms with Crippen LogP contribution in [0, 0.1) is 5.82 Å². The molecule has 2 aromatic carbocycles. The molecule has 0 radical (unpaired) electrons. The van der Waals surface area contributed by atoms with Gasteiger partial charge in [0, 0.05) is 36.6 Å². The van der Waals surface area contributed by atoms with Crippen LogP contribution in [0.4, 0.5) is 4.39 Å². The first-order chi connectivity index (χ1) is 13.1. The number of carbonyl (C=O) groups is 2. The van der Waals surface area contributed by atoms with Crippen molar-refractivity contribution in [2.45, 2.75) is 25.4 Å². The number of likely N-dealkylation sites (tertiary alicyclic amines) is 1. The molecule has 0 aliphatic carbocycles. The number of quaternary nitrogens is 1. The summed E-state index contributed by atoms with van der Waals surface area (Å²) in [6, 6.07) is 15.8. The number of amides is 2. The second-order valence-corrected chi connectivity index (χ2v) is 6.91. The van der Waals surface area contributed by atoms with Gasteiger partial charge in [0.2, 0.25) is 0 Å². The summed E-state index contributed by atoms with van der Waals surface area (Å²) in [5.74, 6) is -0.438. The van der Waals surface area contributed by atoms with E-state index < -0.39 is 0 Å². The number of carbonyl (C=O) groups excluding carboxylic acids is 2. The topological polar surface area (TPSA) is 62.6 Å². The molecule has 1 heterocycles. The van der Waals surface area contributed by atoms with Crippen LogP contribution in [-0.4, -0.2) is 37.5 Å². The molecule has 27 heavy (non-hydrogen) atoms. The van der Waals surface area contributed by atoms with Gasteiger partial charge >= 0.3 is 0 Å². The third-order valence-corrected chi connectivity index (χ3v) is 4.91. The van der Waals surface area contributed by atoms with E-state index in [0.717, 1.165) is 25.9 Å². The van der Waals surface area contributed by atoms with Crippen LogP contribution in [-0.2, 0) is 11.3 Å². The van der Waals surface area contributed by atoms with E-state index in [2.05, 4.69) is 10.6 Å². The largest absolute Gasteiger partial charge is 0.349 e. The lowest BCUT2D eigenvalue weighted by atomic mass is 10.0. The smallest absolute Gasteiger partial charge is 0.275 e. The highest BCUT2D eigenvalue weighted by Gasteiger charge is 2.25. The van der Waals surface area contributed by atoms with Crippen molar-refractivity contribution in [3.8, 4) is 0 Å². The number of piperidine rings is 1. The monoisotopic (exact) mass is 370 g/mol. The fourth-order valence-corrected chi connectivity index (χ4v) is 3.33. The number of nitrogens with one attached hydrogen (secondary N) is 3. The molecular weight excluding hydrogens is 345 g/mol. The summed E-state index contributed by atoms with van der Waals surface area (Å²) in [6.07, 6.45) is 1.68. The van der Waals surface area contributed by atoms with E-state index >= 15 is 0 Å². The highest BCUT2D eigenvalue weighted by atomic mass is 19.1. The fourth-order valence-electron chi connectivity index (χ4n) is 3.33. The lowest BCUT2D eigenvalue weighted by Crippen LogP contribution is -3.14. The number of hydrogen-bond acceptors (Lipinski definition) is 2. The zero-order valence-corrected chi connectivity index (χ0v) is 15.2. The van der Waals surface area contributed by atoms with Crippen LogP contribution in [0.5, 0.6) is 0 Å². The maximum absolute atomic E-state index is 13.6. The maximum Gasteiger partial charge on any atom is 0.275 e. The van der Waals surface area contributed by atoms with Gasteiger partial charge in [0.25, 0.3) is 11.8 Å². The summed E-state index contributed by atoms with van der Waals surface area (Å²) in [5, 5.41) is 5.85. The molecule has 0 atom stereocenters. The minimum atomic E-state index is -0.305. The Morgan fingerprint density at radius 1 is 1.00 bits per heavy atom. The highest BCUT2D eigenvalue weighted by Crippen LogP contribution is 2.05. The average molecular weight is 370 g/mol. The number of rotatable bonds is 6. The first kappa shape index (κ1) is 19.0. The van der Waals surface area contributed by atoms with Crippen LogP contribution in [0.15, 0.2) is 54.6 Å². The third kappa shape index (κ3) is 5.62. The predicted octanol–water partition coefficient (Wildman–Crippen LogP) is 0.919. The molecule has 0 spiro atoms. The van der Waals surface area contributed by atoms with E-state index in [1.54, 1.807) is 30.3 Å². The molecular formula is C21H25FN3O2+. The molecule has 5 nitrogen and oxygen atoms in total. The van der Waals surface area contributed by atoms with Crippen molar-refractivity contribution in [3.05, 3.63) is 71.5 Å². The molecule has 0 aromatic heterocycles. The van der Waals surface area contributed by atoms with Crippen LogP contribution < -0.4 is 15.5 Å². The number of benzene rings is 2. The third-order valence-electron chi connectivity index (χ3n) is 4.91. The van der Waals surface area contributed by atoms with E-state index in [4.69, 9.17) is 0 Å². The summed E-state index contributed by atoms with van der Waals surface area (Å²) in [6.45, 7) is 2.22. The molecule has 1 saturated heterocycles. The second-order valence-electron chi connectivity index (χ2n) is 6.91. The van der Waals surface area contributed by atoms with Gasteiger partial charge in [-0.15, -0.1) is 0 Å². The van der Waals surface area contributed by atoms with E-state index in [-0.39, 0.29) is 30.2 Å². The zero-order chi connectivity index (χ0) is 19.1. The number of halogens is 1. The van der Waals surface area contributed by atoms with Crippen molar-refractivity contribution >= 4 is 11.8 Å². The van der Waals surface area contributed by atoms with Crippen LogP contribution >= 0.6 is 0 Å². The summed E-state index contributed by atoms with van der Waals surface area (Å²) < 4.78 is 13.6. The number of hydrogen-bond donors (Lipinski definition) is 3. The van der Waals surface area contributed by atoms with Gasteiger partial charge in [0.05, 0.1) is 13.1 Å². The molecule has 1 aliphatic rings. The summed E-state index contributed by atoms with van der Waals surface area (Å²) in [5.41, 5.74) is 1.16. The first-order valence-corrected chi connectivity index (χ1v) is 9.31.